The molecule has 0 aliphatic rings. The van der Waals surface area contributed by atoms with Gasteiger partial charge in [0, 0.05) is 12.1 Å². The van der Waals surface area contributed by atoms with Crippen LogP contribution in [0.3, 0.4) is 0 Å². The quantitative estimate of drug-likeness (QED) is 0.849. The molecule has 4 heteroatoms. The molecule has 0 bridgehead atoms. The second-order valence-electron chi connectivity index (χ2n) is 4.32. The Morgan fingerprint density at radius 3 is 2.50 bits per heavy atom. The predicted octanol–water partition coefficient (Wildman–Crippen LogP) is 2.50. The Morgan fingerprint density at radius 2 is 1.89 bits per heavy atom. The van der Waals surface area contributed by atoms with Crippen LogP contribution in [0, 0.1) is 0 Å². The standard InChI is InChI=1S/C14H20N4/c1-3-18(4-2)10-11-7-5-6-8-12(11)13-9-16-17-14(13)15/h5-9H,3-4,10H2,1-2H3,(H3,15,16,17). The van der Waals surface area contributed by atoms with E-state index >= 15 is 0 Å². The molecule has 4 nitrogen and oxygen atoms in total. The van der Waals surface area contributed by atoms with Crippen LogP contribution in [-0.4, -0.2) is 28.2 Å². The Hall–Kier alpha value is -1.81. The lowest BCUT2D eigenvalue weighted by atomic mass is 10.0. The van der Waals surface area contributed by atoms with Gasteiger partial charge in [-0.25, -0.2) is 0 Å². The summed E-state index contributed by atoms with van der Waals surface area (Å²) in [6.07, 6.45) is 1.79. The molecular formula is C14H20N4. The molecule has 0 unspecified atom stereocenters. The second kappa shape index (κ2) is 5.69. The highest BCUT2D eigenvalue weighted by Crippen LogP contribution is 2.27. The van der Waals surface area contributed by atoms with Crippen LogP contribution < -0.4 is 5.73 Å². The van der Waals surface area contributed by atoms with Crippen molar-refractivity contribution in [3.63, 3.8) is 0 Å². The van der Waals surface area contributed by atoms with Crippen molar-refractivity contribution in [2.45, 2.75) is 20.4 Å². The summed E-state index contributed by atoms with van der Waals surface area (Å²) in [5.41, 5.74) is 9.34. The molecule has 0 aliphatic carbocycles. The zero-order valence-electron chi connectivity index (χ0n) is 11.0. The van der Waals surface area contributed by atoms with Gasteiger partial charge in [-0.15, -0.1) is 0 Å². The molecule has 0 radical (unpaired) electrons. The molecule has 1 aromatic heterocycles. The SMILES string of the molecule is CCN(CC)Cc1ccccc1-c1cn[nH]c1N. The minimum Gasteiger partial charge on any atom is -0.384 e. The highest BCUT2D eigenvalue weighted by atomic mass is 15.1. The molecule has 1 heterocycles. The maximum absolute atomic E-state index is 5.91. The summed E-state index contributed by atoms with van der Waals surface area (Å²) in [5, 5.41) is 6.78. The lowest BCUT2D eigenvalue weighted by Crippen LogP contribution is -2.22. The van der Waals surface area contributed by atoms with Gasteiger partial charge in [-0.1, -0.05) is 38.1 Å². The Kier molecular flexibility index (Phi) is 3.99. The Labute approximate surface area is 108 Å². The maximum atomic E-state index is 5.91. The van der Waals surface area contributed by atoms with Gasteiger partial charge < -0.3 is 5.73 Å². The molecule has 0 aliphatic heterocycles. The summed E-state index contributed by atoms with van der Waals surface area (Å²) in [6.45, 7) is 7.39. The fourth-order valence-electron chi connectivity index (χ4n) is 2.12. The van der Waals surface area contributed by atoms with Crippen LogP contribution in [0.15, 0.2) is 30.5 Å². The van der Waals surface area contributed by atoms with Gasteiger partial charge in [-0.3, -0.25) is 10.00 Å². The third-order valence-corrected chi connectivity index (χ3v) is 3.26. The molecule has 18 heavy (non-hydrogen) atoms. The smallest absolute Gasteiger partial charge is 0.126 e. The topological polar surface area (TPSA) is 57.9 Å². The summed E-state index contributed by atoms with van der Waals surface area (Å²) >= 11 is 0. The van der Waals surface area contributed by atoms with Gasteiger partial charge in [0.25, 0.3) is 0 Å². The van der Waals surface area contributed by atoms with E-state index in [4.69, 9.17) is 5.73 Å². The molecule has 0 atom stereocenters. The van der Waals surface area contributed by atoms with E-state index in [0.29, 0.717) is 5.82 Å². The van der Waals surface area contributed by atoms with Gasteiger partial charge in [0.2, 0.25) is 0 Å². The fourth-order valence-corrected chi connectivity index (χ4v) is 2.12. The minimum atomic E-state index is 0.627. The van der Waals surface area contributed by atoms with Gasteiger partial charge >= 0.3 is 0 Å². The molecule has 0 saturated carbocycles. The Bertz CT molecular complexity index is 500. The number of aromatic nitrogens is 2. The molecule has 3 N–H and O–H groups in total. The number of hydrogen-bond donors (Lipinski definition) is 2. The van der Waals surface area contributed by atoms with Crippen LogP contribution in [0.25, 0.3) is 11.1 Å². The molecular weight excluding hydrogens is 224 g/mol. The Balaban J connectivity index is 2.34. The van der Waals surface area contributed by atoms with Crippen molar-refractivity contribution >= 4 is 5.82 Å². The number of nitrogens with zero attached hydrogens (tertiary/aromatic N) is 2. The first-order valence-corrected chi connectivity index (χ1v) is 6.35. The van der Waals surface area contributed by atoms with Crippen LogP contribution in [0.1, 0.15) is 19.4 Å². The summed E-state index contributed by atoms with van der Waals surface area (Å²) in [4.78, 5) is 2.38. The number of nitrogen functional groups attached to an aromatic ring is 1. The van der Waals surface area contributed by atoms with Crippen LogP contribution >= 0.6 is 0 Å². The third-order valence-electron chi connectivity index (χ3n) is 3.26. The largest absolute Gasteiger partial charge is 0.384 e. The van der Waals surface area contributed by atoms with Crippen LogP contribution in [0.2, 0.25) is 0 Å². The number of benzene rings is 1. The molecule has 2 rings (SSSR count). The zero-order valence-corrected chi connectivity index (χ0v) is 11.0. The van der Waals surface area contributed by atoms with E-state index < -0.39 is 0 Å². The minimum absolute atomic E-state index is 0.627. The van der Waals surface area contributed by atoms with Crippen molar-refractivity contribution in [2.24, 2.45) is 0 Å². The predicted molar refractivity (Wildman–Crippen MR) is 75.1 cm³/mol. The molecule has 0 spiro atoms. The first kappa shape index (κ1) is 12.6. The van der Waals surface area contributed by atoms with Gasteiger partial charge in [0.05, 0.1) is 6.20 Å². The van der Waals surface area contributed by atoms with Crippen molar-refractivity contribution in [1.29, 1.82) is 0 Å². The highest BCUT2D eigenvalue weighted by Gasteiger charge is 2.11. The fraction of sp³-hybridized carbons (Fsp3) is 0.357. The van der Waals surface area contributed by atoms with Crippen molar-refractivity contribution in [3.8, 4) is 11.1 Å². The number of nitrogens with two attached hydrogens (primary N) is 1. The molecule has 0 amide bonds. The lowest BCUT2D eigenvalue weighted by Gasteiger charge is -2.19. The third kappa shape index (κ3) is 2.54. The second-order valence-corrected chi connectivity index (χ2v) is 4.32. The van der Waals surface area contributed by atoms with Gasteiger partial charge in [0.1, 0.15) is 5.82 Å². The van der Waals surface area contributed by atoms with Crippen molar-refractivity contribution in [2.75, 3.05) is 18.8 Å². The van der Waals surface area contributed by atoms with Crippen molar-refractivity contribution in [1.82, 2.24) is 15.1 Å². The summed E-state index contributed by atoms with van der Waals surface area (Å²) in [5.74, 6) is 0.627. The average Bonchev–Trinajstić information content (AvgIpc) is 2.82. The van der Waals surface area contributed by atoms with Crippen LogP contribution in [0.5, 0.6) is 0 Å². The maximum Gasteiger partial charge on any atom is 0.126 e. The number of hydrogen-bond acceptors (Lipinski definition) is 3. The monoisotopic (exact) mass is 244 g/mol. The van der Waals surface area contributed by atoms with E-state index in [9.17, 15) is 0 Å². The molecule has 0 fully saturated rings. The normalized spacial score (nSPS) is 11.1. The van der Waals surface area contributed by atoms with E-state index in [-0.39, 0.29) is 0 Å². The van der Waals surface area contributed by atoms with E-state index in [0.717, 1.165) is 30.8 Å². The number of nitrogens with one attached hydrogen (secondary N) is 1. The van der Waals surface area contributed by atoms with Gasteiger partial charge in [-0.2, -0.15) is 5.10 Å². The molecule has 96 valence electrons. The number of H-pyrrole nitrogens is 1. The molecule has 0 saturated heterocycles. The summed E-state index contributed by atoms with van der Waals surface area (Å²) < 4.78 is 0. The number of aromatic amines is 1. The van der Waals surface area contributed by atoms with Crippen LogP contribution in [0.4, 0.5) is 5.82 Å². The van der Waals surface area contributed by atoms with Gasteiger partial charge in [-0.05, 0) is 24.2 Å². The first-order chi connectivity index (χ1) is 8.76. The van der Waals surface area contributed by atoms with Gasteiger partial charge in [0.15, 0.2) is 0 Å². The number of rotatable bonds is 5. The zero-order chi connectivity index (χ0) is 13.0. The van der Waals surface area contributed by atoms with E-state index in [1.165, 1.54) is 5.56 Å². The van der Waals surface area contributed by atoms with E-state index in [1.807, 2.05) is 6.07 Å². The van der Waals surface area contributed by atoms with E-state index in [1.54, 1.807) is 6.20 Å². The van der Waals surface area contributed by atoms with Crippen LogP contribution in [-0.2, 0) is 6.54 Å². The first-order valence-electron chi connectivity index (χ1n) is 6.35. The van der Waals surface area contributed by atoms with E-state index in [2.05, 4.69) is 47.1 Å². The molecule has 2 aromatic rings. The molecule has 1 aromatic carbocycles. The Morgan fingerprint density at radius 1 is 1.17 bits per heavy atom. The van der Waals surface area contributed by atoms with Crippen molar-refractivity contribution < 1.29 is 0 Å². The summed E-state index contributed by atoms with van der Waals surface area (Å²) in [7, 11) is 0. The lowest BCUT2D eigenvalue weighted by molar-refractivity contribution is 0.296. The average molecular weight is 244 g/mol. The van der Waals surface area contributed by atoms with Crippen molar-refractivity contribution in [3.05, 3.63) is 36.0 Å². The summed E-state index contributed by atoms with van der Waals surface area (Å²) in [6, 6.07) is 8.35. The number of anilines is 1. The highest BCUT2D eigenvalue weighted by molar-refractivity contribution is 5.75.